The van der Waals surface area contributed by atoms with Gasteiger partial charge in [0.05, 0.1) is 20.2 Å². The number of hydrogen-bond donors (Lipinski definition) is 1. The maximum Gasteiger partial charge on any atom is 0.268 e. The summed E-state index contributed by atoms with van der Waals surface area (Å²) in [6, 6.07) is 20.7. The number of fused-ring (bicyclic) bond motifs is 1. The highest BCUT2D eigenvalue weighted by molar-refractivity contribution is 7.92. The van der Waals surface area contributed by atoms with Crippen LogP contribution in [0.1, 0.15) is 5.56 Å². The summed E-state index contributed by atoms with van der Waals surface area (Å²) in [5.41, 5.74) is 6.68. The first kappa shape index (κ1) is 19.4. The molecule has 0 spiro atoms. The molecule has 0 saturated carbocycles. The van der Waals surface area contributed by atoms with Crippen LogP contribution in [-0.4, -0.2) is 20.8 Å². The molecular formula is C21H18N2O4S2. The summed E-state index contributed by atoms with van der Waals surface area (Å²) in [5, 5.41) is 0.343. The number of nitrogens with zero attached hydrogens (tertiary/aromatic N) is 1. The first-order valence-electron chi connectivity index (χ1n) is 8.80. The Bertz CT molecular complexity index is 1390. The largest absolute Gasteiger partial charge is 0.326 e. The third-order valence-corrected chi connectivity index (χ3v) is 8.19. The van der Waals surface area contributed by atoms with Crippen LogP contribution in [0.15, 0.2) is 99.7 Å². The van der Waals surface area contributed by atoms with Gasteiger partial charge in [0, 0.05) is 18.1 Å². The summed E-state index contributed by atoms with van der Waals surface area (Å²) in [4.78, 5) is 0.0971. The van der Waals surface area contributed by atoms with E-state index in [9.17, 15) is 16.8 Å². The molecule has 29 heavy (non-hydrogen) atoms. The quantitative estimate of drug-likeness (QED) is 0.528. The van der Waals surface area contributed by atoms with Crippen LogP contribution in [0.25, 0.3) is 10.9 Å². The lowest BCUT2D eigenvalue weighted by atomic mass is 10.2. The SMILES string of the molecule is NCc1ccc(S(=O)(=O)c2cn(S(=O)(=O)c3ccccc3)c3ccccc23)cc1. The van der Waals surface area contributed by atoms with E-state index in [-0.39, 0.29) is 14.7 Å². The number of nitrogens with two attached hydrogens (primary N) is 1. The summed E-state index contributed by atoms with van der Waals surface area (Å²) in [5.74, 6) is 0. The van der Waals surface area contributed by atoms with Gasteiger partial charge < -0.3 is 5.73 Å². The fourth-order valence-corrected chi connectivity index (χ4v) is 6.08. The van der Waals surface area contributed by atoms with Gasteiger partial charge >= 0.3 is 0 Å². The first-order valence-corrected chi connectivity index (χ1v) is 11.7. The van der Waals surface area contributed by atoms with Gasteiger partial charge in [0.2, 0.25) is 9.84 Å². The Balaban J connectivity index is 1.96. The third kappa shape index (κ3) is 3.25. The molecule has 0 bridgehead atoms. The molecule has 8 heteroatoms. The van der Waals surface area contributed by atoms with E-state index in [2.05, 4.69) is 0 Å². The molecule has 4 aromatic rings. The lowest BCUT2D eigenvalue weighted by Crippen LogP contribution is -2.12. The molecule has 0 atom stereocenters. The summed E-state index contributed by atoms with van der Waals surface area (Å²) < 4.78 is 53.9. The van der Waals surface area contributed by atoms with Crippen molar-refractivity contribution in [1.29, 1.82) is 0 Å². The zero-order chi connectivity index (χ0) is 20.6. The number of rotatable bonds is 5. The van der Waals surface area contributed by atoms with Crippen LogP contribution < -0.4 is 5.73 Å². The molecule has 6 nitrogen and oxygen atoms in total. The van der Waals surface area contributed by atoms with Gasteiger partial charge in [-0.25, -0.2) is 20.8 Å². The maximum atomic E-state index is 13.3. The first-order chi connectivity index (χ1) is 13.9. The molecule has 0 aliphatic rings. The van der Waals surface area contributed by atoms with Crippen molar-refractivity contribution in [3.8, 4) is 0 Å². The van der Waals surface area contributed by atoms with Gasteiger partial charge in [0.15, 0.2) is 0 Å². The van der Waals surface area contributed by atoms with Crippen LogP contribution in [0, 0.1) is 0 Å². The van der Waals surface area contributed by atoms with Gasteiger partial charge in [0.25, 0.3) is 10.0 Å². The van der Waals surface area contributed by atoms with Crippen LogP contribution in [0.5, 0.6) is 0 Å². The van der Waals surface area contributed by atoms with Crippen molar-refractivity contribution in [3.63, 3.8) is 0 Å². The van der Waals surface area contributed by atoms with Crippen LogP contribution in [0.4, 0.5) is 0 Å². The molecule has 148 valence electrons. The van der Waals surface area contributed by atoms with Crippen LogP contribution in [0.3, 0.4) is 0 Å². The van der Waals surface area contributed by atoms with Gasteiger partial charge in [-0.1, -0.05) is 48.5 Å². The second kappa shape index (κ2) is 7.14. The average molecular weight is 427 g/mol. The molecule has 0 radical (unpaired) electrons. The third-order valence-electron chi connectivity index (χ3n) is 4.70. The van der Waals surface area contributed by atoms with E-state index in [4.69, 9.17) is 5.73 Å². The lowest BCUT2D eigenvalue weighted by molar-refractivity contribution is 0.588. The van der Waals surface area contributed by atoms with Crippen molar-refractivity contribution in [3.05, 3.63) is 90.6 Å². The van der Waals surface area contributed by atoms with Crippen LogP contribution >= 0.6 is 0 Å². The molecule has 4 rings (SSSR count). The van der Waals surface area contributed by atoms with E-state index in [0.717, 1.165) is 9.54 Å². The van der Waals surface area contributed by atoms with Gasteiger partial charge in [-0.05, 0) is 35.9 Å². The van der Waals surface area contributed by atoms with Crippen LogP contribution in [-0.2, 0) is 26.4 Å². The van der Waals surface area contributed by atoms with Crippen molar-refractivity contribution in [1.82, 2.24) is 3.97 Å². The Kier molecular flexibility index (Phi) is 4.77. The fourth-order valence-electron chi connectivity index (χ4n) is 3.17. The lowest BCUT2D eigenvalue weighted by Gasteiger charge is -2.07. The zero-order valence-corrected chi connectivity index (χ0v) is 16.9. The number of sulfone groups is 1. The van der Waals surface area contributed by atoms with Crippen LogP contribution in [0.2, 0.25) is 0 Å². The number of benzene rings is 3. The molecule has 0 unspecified atom stereocenters. The Morgan fingerprint density at radius 1 is 0.724 bits per heavy atom. The highest BCUT2D eigenvalue weighted by Crippen LogP contribution is 2.32. The second-order valence-corrected chi connectivity index (χ2v) is 10.2. The number of aromatic nitrogens is 1. The predicted molar refractivity (Wildman–Crippen MR) is 111 cm³/mol. The van der Waals surface area contributed by atoms with Crippen molar-refractivity contribution < 1.29 is 16.8 Å². The van der Waals surface area contributed by atoms with Gasteiger partial charge in [-0.15, -0.1) is 0 Å². The van der Waals surface area contributed by atoms with E-state index >= 15 is 0 Å². The summed E-state index contributed by atoms with van der Waals surface area (Å²) >= 11 is 0. The molecular weight excluding hydrogens is 408 g/mol. The van der Waals surface area contributed by atoms with E-state index in [1.165, 1.54) is 30.5 Å². The molecule has 2 N–H and O–H groups in total. The van der Waals surface area contributed by atoms with E-state index in [1.54, 1.807) is 54.6 Å². The summed E-state index contributed by atoms with van der Waals surface area (Å²) in [7, 11) is -7.90. The minimum absolute atomic E-state index is 0.0619. The number of hydrogen-bond acceptors (Lipinski definition) is 5. The highest BCUT2D eigenvalue weighted by atomic mass is 32.2. The minimum Gasteiger partial charge on any atom is -0.326 e. The summed E-state index contributed by atoms with van der Waals surface area (Å²) in [6.07, 6.45) is 1.18. The van der Waals surface area contributed by atoms with Gasteiger partial charge in [-0.3, -0.25) is 0 Å². The predicted octanol–water partition coefficient (Wildman–Crippen LogP) is 3.17. The topological polar surface area (TPSA) is 99.2 Å². The maximum absolute atomic E-state index is 13.3. The summed E-state index contributed by atoms with van der Waals surface area (Å²) in [6.45, 7) is 0.301. The van der Waals surface area contributed by atoms with E-state index in [1.807, 2.05) is 0 Å². The molecule has 0 aliphatic carbocycles. The van der Waals surface area contributed by atoms with Gasteiger partial charge in [-0.2, -0.15) is 0 Å². The smallest absolute Gasteiger partial charge is 0.268 e. The standard InChI is InChI=1S/C21H18N2O4S2/c22-14-16-10-12-17(13-11-16)28(24,25)21-15-23(20-9-5-4-8-19(20)21)29(26,27)18-6-2-1-3-7-18/h1-13,15H,14,22H2. The average Bonchev–Trinajstić information content (AvgIpc) is 3.16. The zero-order valence-electron chi connectivity index (χ0n) is 15.3. The second-order valence-electron chi connectivity index (χ2n) is 6.48. The molecule has 0 aliphatic heterocycles. The molecule has 1 aromatic heterocycles. The molecule has 0 amide bonds. The Morgan fingerprint density at radius 2 is 1.34 bits per heavy atom. The Labute approximate surface area is 169 Å². The van der Waals surface area contributed by atoms with Gasteiger partial charge in [0.1, 0.15) is 0 Å². The monoisotopic (exact) mass is 426 g/mol. The molecule has 0 fully saturated rings. The Morgan fingerprint density at radius 3 is 2.00 bits per heavy atom. The minimum atomic E-state index is -3.96. The van der Waals surface area contributed by atoms with Crippen molar-refractivity contribution in [2.75, 3.05) is 0 Å². The Hall–Kier alpha value is -2.94. The fraction of sp³-hybridized carbons (Fsp3) is 0.0476. The molecule has 1 heterocycles. The van der Waals surface area contributed by atoms with Crippen molar-refractivity contribution in [2.24, 2.45) is 5.73 Å². The number of para-hydroxylation sites is 1. The molecule has 3 aromatic carbocycles. The van der Waals surface area contributed by atoms with Crippen molar-refractivity contribution >= 4 is 30.8 Å². The normalized spacial score (nSPS) is 12.3. The van der Waals surface area contributed by atoms with E-state index < -0.39 is 19.9 Å². The van der Waals surface area contributed by atoms with Crippen molar-refractivity contribution in [2.45, 2.75) is 21.2 Å². The highest BCUT2D eigenvalue weighted by Gasteiger charge is 2.27. The van der Waals surface area contributed by atoms with E-state index in [0.29, 0.717) is 17.4 Å². The molecule has 0 saturated heterocycles.